The van der Waals surface area contributed by atoms with E-state index in [0.717, 1.165) is 29.7 Å². The lowest BCUT2D eigenvalue weighted by molar-refractivity contribution is -0.121. The van der Waals surface area contributed by atoms with Gasteiger partial charge in [0.1, 0.15) is 0 Å². The van der Waals surface area contributed by atoms with Crippen LogP contribution in [0.3, 0.4) is 0 Å². The minimum Gasteiger partial charge on any atom is -0.349 e. The summed E-state index contributed by atoms with van der Waals surface area (Å²) in [5.41, 5.74) is 0.301. The molecule has 1 atom stereocenters. The predicted octanol–water partition coefficient (Wildman–Crippen LogP) is 7.38. The topological polar surface area (TPSA) is 46.2 Å². The van der Waals surface area contributed by atoms with Crippen LogP contribution in [0.5, 0.6) is 0 Å². The van der Waals surface area contributed by atoms with Gasteiger partial charge in [0.25, 0.3) is 0 Å². The summed E-state index contributed by atoms with van der Waals surface area (Å²) < 4.78 is 41.2. The maximum Gasteiger partial charge on any atom is 0.417 e. The summed E-state index contributed by atoms with van der Waals surface area (Å²) in [5, 5.41) is 2.59. The summed E-state index contributed by atoms with van der Waals surface area (Å²) >= 11 is 17.6. The van der Waals surface area contributed by atoms with Gasteiger partial charge >= 0.3 is 6.18 Å². The minimum absolute atomic E-state index is 0.0523. The molecule has 1 aliphatic carbocycles. The Bertz CT molecular complexity index is 1070. The van der Waals surface area contributed by atoms with Crippen molar-refractivity contribution in [3.05, 3.63) is 73.7 Å². The molecule has 32 heavy (non-hydrogen) atoms. The number of carbonyl (C=O) groups excluding carboxylic acids is 2. The van der Waals surface area contributed by atoms with Crippen LogP contribution in [-0.4, -0.2) is 17.9 Å². The number of amides is 1. The van der Waals surface area contributed by atoms with Crippen molar-refractivity contribution in [2.45, 2.75) is 44.8 Å². The lowest BCUT2D eigenvalue weighted by Gasteiger charge is -2.15. The predicted molar refractivity (Wildman–Crippen MR) is 120 cm³/mol. The SMILES string of the molecule is CCCC(=O)NC1CCc2cc(C(=O)C=C(c3cc(Cl)c(Cl)c(Cl)c3)C(F)(F)F)ccc21. The number of allylic oxidation sites excluding steroid dienone is 2. The van der Waals surface area contributed by atoms with Crippen molar-refractivity contribution in [2.75, 3.05) is 0 Å². The van der Waals surface area contributed by atoms with E-state index in [0.29, 0.717) is 25.3 Å². The van der Waals surface area contributed by atoms with Crippen LogP contribution >= 0.6 is 34.8 Å². The average molecular weight is 505 g/mol. The van der Waals surface area contributed by atoms with E-state index in [1.807, 2.05) is 6.92 Å². The summed E-state index contributed by atoms with van der Waals surface area (Å²) in [7, 11) is 0. The first-order chi connectivity index (χ1) is 15.0. The first-order valence-corrected chi connectivity index (χ1v) is 11.0. The van der Waals surface area contributed by atoms with Gasteiger partial charge in [0.05, 0.1) is 26.7 Å². The molecule has 1 N–H and O–H groups in total. The summed E-state index contributed by atoms with van der Waals surface area (Å²) in [5.74, 6) is -0.857. The van der Waals surface area contributed by atoms with Crippen LogP contribution in [0.25, 0.3) is 5.57 Å². The molecule has 0 radical (unpaired) electrons. The molecule has 0 aromatic heterocycles. The fourth-order valence-electron chi connectivity index (χ4n) is 3.67. The summed E-state index contributed by atoms with van der Waals surface area (Å²) in [6, 6.07) is 6.62. The van der Waals surface area contributed by atoms with Crippen LogP contribution in [-0.2, 0) is 11.2 Å². The molecular formula is C23H19Cl3F3NO2. The lowest BCUT2D eigenvalue weighted by Crippen LogP contribution is -2.26. The summed E-state index contributed by atoms with van der Waals surface area (Å²) in [6.45, 7) is 1.91. The van der Waals surface area contributed by atoms with Gasteiger partial charge < -0.3 is 5.32 Å². The van der Waals surface area contributed by atoms with E-state index in [1.165, 1.54) is 6.07 Å². The third kappa shape index (κ3) is 5.48. The molecule has 2 aromatic carbocycles. The Kier molecular flexibility index (Phi) is 7.58. The van der Waals surface area contributed by atoms with Gasteiger partial charge in [-0.2, -0.15) is 13.2 Å². The van der Waals surface area contributed by atoms with E-state index in [-0.39, 0.29) is 38.1 Å². The van der Waals surface area contributed by atoms with Crippen LogP contribution in [0.15, 0.2) is 36.4 Å². The second-order valence-corrected chi connectivity index (χ2v) is 8.69. The molecular weight excluding hydrogens is 486 g/mol. The highest BCUT2D eigenvalue weighted by Gasteiger charge is 2.36. The van der Waals surface area contributed by atoms with E-state index >= 15 is 0 Å². The number of aryl methyl sites for hydroxylation is 1. The molecule has 1 unspecified atom stereocenters. The Balaban J connectivity index is 1.91. The van der Waals surface area contributed by atoms with Crippen molar-refractivity contribution in [3.63, 3.8) is 0 Å². The van der Waals surface area contributed by atoms with Crippen molar-refractivity contribution < 1.29 is 22.8 Å². The number of benzene rings is 2. The van der Waals surface area contributed by atoms with Crippen molar-refractivity contribution in [1.82, 2.24) is 5.32 Å². The first kappa shape index (κ1) is 24.6. The van der Waals surface area contributed by atoms with Gasteiger partial charge in [-0.25, -0.2) is 0 Å². The second kappa shape index (κ2) is 9.86. The zero-order chi connectivity index (χ0) is 23.6. The fraction of sp³-hybridized carbons (Fsp3) is 0.304. The number of nitrogens with one attached hydrogen (secondary N) is 1. The third-order valence-corrected chi connectivity index (χ3v) is 6.39. The second-order valence-electron chi connectivity index (χ2n) is 7.50. The van der Waals surface area contributed by atoms with Crippen LogP contribution in [0.2, 0.25) is 15.1 Å². The molecule has 1 aliphatic rings. The van der Waals surface area contributed by atoms with Gasteiger partial charge in [0.15, 0.2) is 5.78 Å². The maximum absolute atomic E-state index is 13.7. The molecule has 0 bridgehead atoms. The van der Waals surface area contributed by atoms with Gasteiger partial charge in [0.2, 0.25) is 5.91 Å². The van der Waals surface area contributed by atoms with E-state index in [2.05, 4.69) is 5.32 Å². The highest BCUT2D eigenvalue weighted by atomic mass is 35.5. The highest BCUT2D eigenvalue weighted by molar-refractivity contribution is 6.48. The minimum atomic E-state index is -4.82. The van der Waals surface area contributed by atoms with Gasteiger partial charge in [0, 0.05) is 12.0 Å². The monoisotopic (exact) mass is 503 g/mol. The van der Waals surface area contributed by atoms with Crippen LogP contribution in [0.4, 0.5) is 13.2 Å². The first-order valence-electron chi connectivity index (χ1n) is 9.91. The van der Waals surface area contributed by atoms with Gasteiger partial charge in [-0.05, 0) is 60.2 Å². The normalized spacial score (nSPS) is 16.1. The van der Waals surface area contributed by atoms with E-state index in [9.17, 15) is 22.8 Å². The van der Waals surface area contributed by atoms with Gasteiger partial charge in [-0.15, -0.1) is 0 Å². The zero-order valence-electron chi connectivity index (χ0n) is 17.0. The molecule has 170 valence electrons. The van der Waals surface area contributed by atoms with E-state index in [1.54, 1.807) is 12.1 Å². The molecule has 0 fully saturated rings. The molecule has 3 nitrogen and oxygen atoms in total. The smallest absolute Gasteiger partial charge is 0.349 e. The van der Waals surface area contributed by atoms with Crippen LogP contribution < -0.4 is 5.32 Å². The Morgan fingerprint density at radius 1 is 1.09 bits per heavy atom. The maximum atomic E-state index is 13.7. The average Bonchev–Trinajstić information content (AvgIpc) is 3.11. The molecule has 0 heterocycles. The molecule has 9 heteroatoms. The number of fused-ring (bicyclic) bond motifs is 1. The number of rotatable bonds is 6. The Hall–Kier alpha value is -2.02. The van der Waals surface area contributed by atoms with E-state index < -0.39 is 17.5 Å². The quantitative estimate of drug-likeness (QED) is 0.253. The molecule has 1 amide bonds. The number of halogens is 6. The van der Waals surface area contributed by atoms with Gasteiger partial charge in [-0.1, -0.05) is 53.9 Å². The Morgan fingerprint density at radius 3 is 2.34 bits per heavy atom. The number of hydrogen-bond acceptors (Lipinski definition) is 2. The lowest BCUT2D eigenvalue weighted by atomic mass is 9.98. The van der Waals surface area contributed by atoms with Crippen molar-refractivity contribution in [1.29, 1.82) is 0 Å². The van der Waals surface area contributed by atoms with Crippen LogP contribution in [0.1, 0.15) is 59.3 Å². The number of hydrogen-bond donors (Lipinski definition) is 1. The van der Waals surface area contributed by atoms with Crippen LogP contribution in [0, 0.1) is 0 Å². The largest absolute Gasteiger partial charge is 0.417 e. The van der Waals surface area contributed by atoms with Gasteiger partial charge in [-0.3, -0.25) is 9.59 Å². The fourth-order valence-corrected chi connectivity index (χ4v) is 4.26. The Labute approximate surface area is 198 Å². The van der Waals surface area contributed by atoms with E-state index in [4.69, 9.17) is 34.8 Å². The van der Waals surface area contributed by atoms with Crippen molar-refractivity contribution in [2.24, 2.45) is 0 Å². The molecule has 3 rings (SSSR count). The molecule has 0 saturated carbocycles. The molecule has 0 spiro atoms. The zero-order valence-corrected chi connectivity index (χ0v) is 19.2. The summed E-state index contributed by atoms with van der Waals surface area (Å²) in [4.78, 5) is 24.6. The third-order valence-electron chi connectivity index (χ3n) is 5.19. The molecule has 0 aliphatic heterocycles. The highest BCUT2D eigenvalue weighted by Crippen LogP contribution is 2.40. The number of ketones is 1. The number of alkyl halides is 3. The molecule has 0 saturated heterocycles. The number of carbonyl (C=O) groups is 2. The Morgan fingerprint density at radius 2 is 1.75 bits per heavy atom. The van der Waals surface area contributed by atoms with Crippen molar-refractivity contribution >= 4 is 52.1 Å². The molecule has 2 aromatic rings. The standard InChI is InChI=1S/C23H19Cl3F3NO2/c1-2-3-21(32)30-19-7-5-12-8-13(4-6-15(12)19)20(31)11-16(23(27,28)29)14-9-17(24)22(26)18(25)10-14/h4,6,8-11,19H,2-3,5,7H2,1H3,(H,30,32). The summed E-state index contributed by atoms with van der Waals surface area (Å²) in [6.07, 6.45) is -1.84. The van der Waals surface area contributed by atoms with Crippen molar-refractivity contribution in [3.8, 4) is 0 Å².